The topological polar surface area (TPSA) is 83.7 Å². The second-order valence-corrected chi connectivity index (χ2v) is 4.01. The number of nitrogens with zero attached hydrogens (tertiary/aromatic N) is 1. The Hall–Kier alpha value is -1.82. The lowest BCUT2D eigenvalue weighted by molar-refractivity contribution is 0.0238. The highest BCUT2D eigenvalue weighted by molar-refractivity contribution is 5.87. The average Bonchev–Trinajstić information content (AvgIpc) is 2.41. The third kappa shape index (κ3) is 2.89. The molecule has 0 amide bonds. The Bertz CT molecular complexity index is 430. The zero-order chi connectivity index (χ0) is 13.0. The lowest BCUT2D eigenvalue weighted by Crippen LogP contribution is -2.26. The highest BCUT2D eigenvalue weighted by atomic mass is 16.5. The molecular formula is C12H16N2O4. The van der Waals surface area contributed by atoms with Crippen LogP contribution in [-0.4, -0.2) is 37.4 Å². The van der Waals surface area contributed by atoms with Crippen LogP contribution >= 0.6 is 0 Å². The molecule has 2 heterocycles. The minimum atomic E-state index is -0.508. The van der Waals surface area contributed by atoms with E-state index in [2.05, 4.69) is 9.72 Å². The first-order chi connectivity index (χ1) is 8.70. The quantitative estimate of drug-likeness (QED) is 0.808. The summed E-state index contributed by atoms with van der Waals surface area (Å²) in [6.45, 7) is 1.34. The molecule has 0 saturated carbocycles. The molecule has 0 bridgehead atoms. The van der Waals surface area contributed by atoms with Crippen molar-refractivity contribution in [3.8, 4) is 5.88 Å². The van der Waals surface area contributed by atoms with E-state index in [0.29, 0.717) is 18.9 Å². The fourth-order valence-corrected chi connectivity index (χ4v) is 1.72. The number of carbonyl (C=O) groups excluding carboxylic acids is 1. The normalized spacial score (nSPS) is 16.3. The molecule has 2 N–H and O–H groups in total. The number of aromatic nitrogens is 1. The molecule has 0 spiro atoms. The number of anilines is 1. The van der Waals surface area contributed by atoms with Gasteiger partial charge in [0.15, 0.2) is 5.69 Å². The van der Waals surface area contributed by atoms with Crippen molar-refractivity contribution in [3.63, 3.8) is 0 Å². The SMILES string of the molecule is COC(=O)c1ccc(N)c(OC2CCOCC2)n1. The van der Waals surface area contributed by atoms with Gasteiger partial charge in [0.2, 0.25) is 5.88 Å². The van der Waals surface area contributed by atoms with Crippen LogP contribution in [-0.2, 0) is 9.47 Å². The zero-order valence-electron chi connectivity index (χ0n) is 10.2. The van der Waals surface area contributed by atoms with Gasteiger partial charge in [0.05, 0.1) is 26.0 Å². The number of hydrogen-bond acceptors (Lipinski definition) is 6. The Morgan fingerprint density at radius 3 is 2.83 bits per heavy atom. The minimum absolute atomic E-state index is 0.0291. The van der Waals surface area contributed by atoms with Gasteiger partial charge in [0.1, 0.15) is 6.10 Å². The van der Waals surface area contributed by atoms with E-state index < -0.39 is 5.97 Å². The number of methoxy groups -OCH3 is 1. The Balaban J connectivity index is 2.12. The first kappa shape index (κ1) is 12.6. The molecule has 1 aromatic heterocycles. The summed E-state index contributed by atoms with van der Waals surface area (Å²) in [4.78, 5) is 15.4. The Morgan fingerprint density at radius 2 is 2.17 bits per heavy atom. The molecule has 0 unspecified atom stereocenters. The van der Waals surface area contributed by atoms with Gasteiger partial charge in [-0.3, -0.25) is 0 Å². The van der Waals surface area contributed by atoms with Gasteiger partial charge in [0, 0.05) is 12.8 Å². The molecule has 1 aromatic rings. The van der Waals surface area contributed by atoms with Gasteiger partial charge in [-0.1, -0.05) is 0 Å². The van der Waals surface area contributed by atoms with E-state index in [0.717, 1.165) is 12.8 Å². The monoisotopic (exact) mass is 252 g/mol. The van der Waals surface area contributed by atoms with Crippen LogP contribution in [0.3, 0.4) is 0 Å². The molecule has 0 aromatic carbocycles. The van der Waals surface area contributed by atoms with Gasteiger partial charge in [0.25, 0.3) is 0 Å². The second kappa shape index (κ2) is 5.68. The lowest BCUT2D eigenvalue weighted by atomic mass is 10.1. The van der Waals surface area contributed by atoms with Crippen LogP contribution in [0.15, 0.2) is 12.1 Å². The third-order valence-electron chi connectivity index (χ3n) is 2.73. The van der Waals surface area contributed by atoms with Crippen molar-refractivity contribution in [2.45, 2.75) is 18.9 Å². The van der Waals surface area contributed by atoms with Crippen molar-refractivity contribution < 1.29 is 19.0 Å². The van der Waals surface area contributed by atoms with Crippen molar-refractivity contribution in [2.75, 3.05) is 26.1 Å². The van der Waals surface area contributed by atoms with E-state index in [-0.39, 0.29) is 17.7 Å². The van der Waals surface area contributed by atoms with Crippen molar-refractivity contribution >= 4 is 11.7 Å². The first-order valence-electron chi connectivity index (χ1n) is 5.80. The van der Waals surface area contributed by atoms with Crippen molar-refractivity contribution in [2.24, 2.45) is 0 Å². The molecule has 0 aliphatic carbocycles. The third-order valence-corrected chi connectivity index (χ3v) is 2.73. The number of carbonyl (C=O) groups is 1. The number of nitrogens with two attached hydrogens (primary N) is 1. The van der Waals surface area contributed by atoms with E-state index in [1.165, 1.54) is 13.2 Å². The summed E-state index contributed by atoms with van der Waals surface area (Å²) in [5.74, 6) is -0.225. The van der Waals surface area contributed by atoms with Crippen molar-refractivity contribution in [3.05, 3.63) is 17.8 Å². The maximum Gasteiger partial charge on any atom is 0.356 e. The molecular weight excluding hydrogens is 236 g/mol. The molecule has 98 valence electrons. The first-order valence-corrected chi connectivity index (χ1v) is 5.80. The summed E-state index contributed by atoms with van der Waals surface area (Å²) in [6.07, 6.45) is 1.62. The highest BCUT2D eigenvalue weighted by Gasteiger charge is 2.18. The summed E-state index contributed by atoms with van der Waals surface area (Å²) in [7, 11) is 1.30. The summed E-state index contributed by atoms with van der Waals surface area (Å²) < 4.78 is 15.5. The van der Waals surface area contributed by atoms with E-state index >= 15 is 0 Å². The molecule has 6 heteroatoms. The van der Waals surface area contributed by atoms with E-state index in [1.54, 1.807) is 6.07 Å². The molecule has 0 radical (unpaired) electrons. The Labute approximate surface area is 105 Å². The summed E-state index contributed by atoms with van der Waals surface area (Å²) >= 11 is 0. The number of esters is 1. The number of hydrogen-bond donors (Lipinski definition) is 1. The molecule has 1 saturated heterocycles. The van der Waals surface area contributed by atoms with Crippen LogP contribution in [0.25, 0.3) is 0 Å². The second-order valence-electron chi connectivity index (χ2n) is 4.01. The van der Waals surface area contributed by atoms with Gasteiger partial charge < -0.3 is 19.9 Å². The van der Waals surface area contributed by atoms with E-state index in [9.17, 15) is 4.79 Å². The zero-order valence-corrected chi connectivity index (χ0v) is 10.2. The molecule has 18 heavy (non-hydrogen) atoms. The van der Waals surface area contributed by atoms with E-state index in [1.807, 2.05) is 0 Å². The predicted molar refractivity (Wildman–Crippen MR) is 64.5 cm³/mol. The van der Waals surface area contributed by atoms with Gasteiger partial charge in [-0.15, -0.1) is 0 Å². The highest BCUT2D eigenvalue weighted by Crippen LogP contribution is 2.23. The van der Waals surface area contributed by atoms with Crippen LogP contribution in [0.5, 0.6) is 5.88 Å². The Kier molecular flexibility index (Phi) is 3.99. The standard InChI is InChI=1S/C12H16N2O4/c1-16-12(15)10-3-2-9(13)11(14-10)18-8-4-6-17-7-5-8/h2-3,8H,4-7,13H2,1H3. The van der Waals surface area contributed by atoms with Crippen LogP contribution in [0.4, 0.5) is 5.69 Å². The summed E-state index contributed by atoms with van der Waals surface area (Å²) in [5, 5.41) is 0. The fraction of sp³-hybridized carbons (Fsp3) is 0.500. The number of rotatable bonds is 3. The number of pyridine rings is 1. The number of nitrogen functional groups attached to an aromatic ring is 1. The predicted octanol–water partition coefficient (Wildman–Crippen LogP) is 1.01. The summed E-state index contributed by atoms with van der Waals surface area (Å²) in [6, 6.07) is 3.10. The molecule has 2 rings (SSSR count). The maximum absolute atomic E-state index is 11.4. The van der Waals surface area contributed by atoms with Crippen LogP contribution in [0.1, 0.15) is 23.3 Å². The smallest absolute Gasteiger partial charge is 0.356 e. The molecule has 0 atom stereocenters. The lowest BCUT2D eigenvalue weighted by Gasteiger charge is -2.23. The van der Waals surface area contributed by atoms with Crippen molar-refractivity contribution in [1.82, 2.24) is 4.98 Å². The Morgan fingerprint density at radius 1 is 1.44 bits per heavy atom. The van der Waals surface area contributed by atoms with E-state index in [4.69, 9.17) is 15.2 Å². The van der Waals surface area contributed by atoms with Crippen LogP contribution in [0.2, 0.25) is 0 Å². The van der Waals surface area contributed by atoms with Gasteiger partial charge in [-0.25, -0.2) is 9.78 Å². The molecule has 1 aliphatic heterocycles. The van der Waals surface area contributed by atoms with Crippen LogP contribution in [0, 0.1) is 0 Å². The minimum Gasteiger partial charge on any atom is -0.473 e. The molecule has 6 nitrogen and oxygen atoms in total. The largest absolute Gasteiger partial charge is 0.473 e. The fourth-order valence-electron chi connectivity index (χ4n) is 1.72. The molecule has 1 fully saturated rings. The summed E-state index contributed by atoms with van der Waals surface area (Å²) in [5.41, 5.74) is 6.38. The van der Waals surface area contributed by atoms with Crippen LogP contribution < -0.4 is 10.5 Å². The van der Waals surface area contributed by atoms with Crippen molar-refractivity contribution in [1.29, 1.82) is 0 Å². The maximum atomic E-state index is 11.4. The molecule has 1 aliphatic rings. The average molecular weight is 252 g/mol. The van der Waals surface area contributed by atoms with Gasteiger partial charge in [-0.2, -0.15) is 0 Å². The number of ether oxygens (including phenoxy) is 3. The van der Waals surface area contributed by atoms with Gasteiger partial charge in [-0.05, 0) is 12.1 Å². The van der Waals surface area contributed by atoms with Gasteiger partial charge >= 0.3 is 5.97 Å².